The minimum atomic E-state index is 0.306. The molecule has 0 atom stereocenters. The highest BCUT2D eigenvalue weighted by atomic mass is 15.1. The van der Waals surface area contributed by atoms with Gasteiger partial charge in [0.05, 0.1) is 5.84 Å². The van der Waals surface area contributed by atoms with Crippen LogP contribution in [0, 0.1) is 11.3 Å². The first-order chi connectivity index (χ1) is 6.06. The van der Waals surface area contributed by atoms with E-state index in [1.807, 2.05) is 0 Å². The fourth-order valence-corrected chi connectivity index (χ4v) is 1.39. The van der Waals surface area contributed by atoms with Crippen LogP contribution in [0.2, 0.25) is 0 Å². The molecule has 0 saturated carbocycles. The summed E-state index contributed by atoms with van der Waals surface area (Å²) in [4.78, 5) is 2.41. The Morgan fingerprint density at radius 1 is 1.46 bits per heavy atom. The van der Waals surface area contributed by atoms with Gasteiger partial charge in [-0.2, -0.15) is 0 Å². The van der Waals surface area contributed by atoms with Gasteiger partial charge in [0.1, 0.15) is 0 Å². The second-order valence-corrected chi connectivity index (χ2v) is 3.92. The summed E-state index contributed by atoms with van der Waals surface area (Å²) in [6, 6.07) is 0. The molecule has 0 heterocycles. The second-order valence-electron chi connectivity index (χ2n) is 3.92. The van der Waals surface area contributed by atoms with Crippen molar-refractivity contribution in [2.45, 2.75) is 33.6 Å². The lowest BCUT2D eigenvalue weighted by atomic mass is 10.2. The van der Waals surface area contributed by atoms with Crippen molar-refractivity contribution in [3.63, 3.8) is 0 Å². The third kappa shape index (κ3) is 7.78. The van der Waals surface area contributed by atoms with Crippen molar-refractivity contribution < 1.29 is 0 Å². The van der Waals surface area contributed by atoms with Gasteiger partial charge in [-0.25, -0.2) is 0 Å². The summed E-state index contributed by atoms with van der Waals surface area (Å²) in [6.07, 6.45) is 1.74. The Kier molecular flexibility index (Phi) is 6.59. The average Bonchev–Trinajstić information content (AvgIpc) is 2.01. The highest BCUT2D eigenvalue weighted by Gasteiger charge is 2.04. The van der Waals surface area contributed by atoms with Crippen LogP contribution in [0.25, 0.3) is 0 Å². The van der Waals surface area contributed by atoms with Gasteiger partial charge in [0.25, 0.3) is 0 Å². The number of hydrogen-bond acceptors (Lipinski definition) is 2. The maximum absolute atomic E-state index is 7.10. The maximum Gasteiger partial charge on any atom is 0.0905 e. The third-order valence-electron chi connectivity index (χ3n) is 1.99. The highest BCUT2D eigenvalue weighted by Crippen LogP contribution is 2.00. The van der Waals surface area contributed by atoms with Gasteiger partial charge in [-0.3, -0.25) is 5.41 Å². The SMILES string of the molecule is CCN(CCCC(=N)N)CC(C)C. The van der Waals surface area contributed by atoms with Crippen molar-refractivity contribution in [3.05, 3.63) is 0 Å². The molecule has 0 rings (SSSR count). The van der Waals surface area contributed by atoms with Crippen LogP contribution in [0.4, 0.5) is 0 Å². The molecule has 0 bridgehead atoms. The molecule has 0 amide bonds. The minimum absolute atomic E-state index is 0.306. The molecule has 0 fully saturated rings. The Labute approximate surface area is 81.8 Å². The number of rotatable bonds is 7. The van der Waals surface area contributed by atoms with Crippen molar-refractivity contribution in [2.24, 2.45) is 11.7 Å². The molecule has 0 aliphatic rings. The van der Waals surface area contributed by atoms with Crippen LogP contribution >= 0.6 is 0 Å². The van der Waals surface area contributed by atoms with Crippen molar-refractivity contribution in [1.82, 2.24) is 4.90 Å². The topological polar surface area (TPSA) is 53.1 Å². The van der Waals surface area contributed by atoms with E-state index in [9.17, 15) is 0 Å². The fraction of sp³-hybridized carbons (Fsp3) is 0.900. The number of hydrogen-bond donors (Lipinski definition) is 2. The lowest BCUT2D eigenvalue weighted by Crippen LogP contribution is -2.29. The van der Waals surface area contributed by atoms with Gasteiger partial charge in [0.15, 0.2) is 0 Å². The van der Waals surface area contributed by atoms with E-state index in [1.165, 1.54) is 0 Å². The summed E-state index contributed by atoms with van der Waals surface area (Å²) >= 11 is 0. The Hall–Kier alpha value is -0.570. The van der Waals surface area contributed by atoms with E-state index < -0.39 is 0 Å². The predicted molar refractivity (Wildman–Crippen MR) is 58.1 cm³/mol. The number of nitrogens with one attached hydrogen (secondary N) is 1. The number of nitrogens with zero attached hydrogens (tertiary/aromatic N) is 1. The third-order valence-corrected chi connectivity index (χ3v) is 1.99. The lowest BCUT2D eigenvalue weighted by Gasteiger charge is -2.22. The van der Waals surface area contributed by atoms with Gasteiger partial charge < -0.3 is 10.6 Å². The van der Waals surface area contributed by atoms with Crippen LogP contribution in [0.3, 0.4) is 0 Å². The summed E-state index contributed by atoms with van der Waals surface area (Å²) < 4.78 is 0. The van der Waals surface area contributed by atoms with Gasteiger partial charge >= 0.3 is 0 Å². The standard InChI is InChI=1S/C10H23N3/c1-4-13(8-9(2)3)7-5-6-10(11)12/h9H,4-8H2,1-3H3,(H3,11,12). The van der Waals surface area contributed by atoms with Crippen LogP contribution < -0.4 is 5.73 Å². The summed E-state index contributed by atoms with van der Waals surface area (Å²) in [5.41, 5.74) is 5.29. The van der Waals surface area contributed by atoms with Crippen LogP contribution in [-0.4, -0.2) is 30.4 Å². The summed E-state index contributed by atoms with van der Waals surface area (Å²) in [5, 5.41) is 7.10. The summed E-state index contributed by atoms with van der Waals surface area (Å²) in [7, 11) is 0. The number of amidine groups is 1. The molecular formula is C10H23N3. The Morgan fingerprint density at radius 2 is 2.08 bits per heavy atom. The molecule has 0 radical (unpaired) electrons. The molecule has 3 heteroatoms. The zero-order valence-electron chi connectivity index (χ0n) is 9.14. The normalized spacial score (nSPS) is 11.2. The smallest absolute Gasteiger partial charge is 0.0905 e. The fourth-order valence-electron chi connectivity index (χ4n) is 1.39. The molecule has 0 saturated heterocycles. The van der Waals surface area contributed by atoms with Gasteiger partial charge in [-0.15, -0.1) is 0 Å². The highest BCUT2D eigenvalue weighted by molar-refractivity contribution is 5.76. The van der Waals surface area contributed by atoms with Gasteiger partial charge in [-0.1, -0.05) is 20.8 Å². The van der Waals surface area contributed by atoms with E-state index in [0.29, 0.717) is 5.84 Å². The van der Waals surface area contributed by atoms with Crippen molar-refractivity contribution in [2.75, 3.05) is 19.6 Å². The van der Waals surface area contributed by atoms with Gasteiger partial charge in [0.2, 0.25) is 0 Å². The zero-order valence-corrected chi connectivity index (χ0v) is 9.14. The molecular weight excluding hydrogens is 162 g/mol. The van der Waals surface area contributed by atoms with Crippen LogP contribution in [0.15, 0.2) is 0 Å². The molecule has 0 spiro atoms. The van der Waals surface area contributed by atoms with E-state index in [4.69, 9.17) is 11.1 Å². The van der Waals surface area contributed by atoms with Gasteiger partial charge in [0, 0.05) is 13.0 Å². The van der Waals surface area contributed by atoms with Crippen LogP contribution in [0.1, 0.15) is 33.6 Å². The largest absolute Gasteiger partial charge is 0.388 e. The molecule has 0 aliphatic heterocycles. The Balaban J connectivity index is 3.53. The van der Waals surface area contributed by atoms with Crippen molar-refractivity contribution in [1.29, 1.82) is 5.41 Å². The average molecular weight is 185 g/mol. The molecule has 0 aliphatic carbocycles. The molecule has 78 valence electrons. The molecule has 0 aromatic rings. The van der Waals surface area contributed by atoms with Crippen molar-refractivity contribution >= 4 is 5.84 Å². The van der Waals surface area contributed by atoms with E-state index in [2.05, 4.69) is 25.7 Å². The first kappa shape index (κ1) is 12.4. The molecule has 0 aromatic heterocycles. The van der Waals surface area contributed by atoms with E-state index in [0.717, 1.165) is 38.4 Å². The first-order valence-electron chi connectivity index (χ1n) is 5.11. The molecule has 0 unspecified atom stereocenters. The Bertz CT molecular complexity index is 143. The lowest BCUT2D eigenvalue weighted by molar-refractivity contribution is 0.255. The second kappa shape index (κ2) is 6.89. The summed E-state index contributed by atoms with van der Waals surface area (Å²) in [5.74, 6) is 1.03. The summed E-state index contributed by atoms with van der Waals surface area (Å²) in [6.45, 7) is 9.94. The van der Waals surface area contributed by atoms with E-state index in [1.54, 1.807) is 0 Å². The Morgan fingerprint density at radius 3 is 2.46 bits per heavy atom. The monoisotopic (exact) mass is 185 g/mol. The van der Waals surface area contributed by atoms with Crippen LogP contribution in [-0.2, 0) is 0 Å². The quantitative estimate of drug-likeness (QED) is 0.468. The first-order valence-corrected chi connectivity index (χ1v) is 5.11. The number of nitrogens with two attached hydrogens (primary N) is 1. The minimum Gasteiger partial charge on any atom is -0.388 e. The molecule has 0 aromatic carbocycles. The predicted octanol–water partition coefficient (Wildman–Crippen LogP) is 1.68. The molecule has 3 N–H and O–H groups in total. The van der Waals surface area contributed by atoms with E-state index in [-0.39, 0.29) is 0 Å². The maximum atomic E-state index is 7.10. The molecule has 3 nitrogen and oxygen atoms in total. The van der Waals surface area contributed by atoms with Gasteiger partial charge in [-0.05, 0) is 25.4 Å². The zero-order chi connectivity index (χ0) is 10.3. The molecule has 13 heavy (non-hydrogen) atoms. The van der Waals surface area contributed by atoms with E-state index >= 15 is 0 Å². The van der Waals surface area contributed by atoms with Crippen LogP contribution in [0.5, 0.6) is 0 Å². The van der Waals surface area contributed by atoms with Crippen molar-refractivity contribution in [3.8, 4) is 0 Å².